The summed E-state index contributed by atoms with van der Waals surface area (Å²) < 4.78 is 45.8. The third-order valence-corrected chi connectivity index (χ3v) is 5.73. The fourth-order valence-electron chi connectivity index (χ4n) is 4.24. The van der Waals surface area contributed by atoms with E-state index in [0.29, 0.717) is 36.3 Å². The standard InChI is InChI=1S/C22H26F3N3O2/c23-22(24,25)16-7-8-21-19(14-16)28(18-5-1-2-6-20(18)30-21)10-3-4-17-15-26-9-11-27(17)12-13-29/h1-2,5-8,14,17,26,29H,3-4,9-13,15H2. The van der Waals surface area contributed by atoms with Crippen molar-refractivity contribution < 1.29 is 23.0 Å². The van der Waals surface area contributed by atoms with Crippen molar-refractivity contribution in [3.05, 3.63) is 48.0 Å². The summed E-state index contributed by atoms with van der Waals surface area (Å²) in [7, 11) is 0. The molecule has 8 heteroatoms. The van der Waals surface area contributed by atoms with Crippen LogP contribution in [0, 0.1) is 0 Å². The van der Waals surface area contributed by atoms with Gasteiger partial charge in [-0.3, -0.25) is 4.90 Å². The number of nitrogens with zero attached hydrogens (tertiary/aromatic N) is 2. The summed E-state index contributed by atoms with van der Waals surface area (Å²) in [6.45, 7) is 4.00. The van der Waals surface area contributed by atoms with Crippen LogP contribution in [0.15, 0.2) is 42.5 Å². The summed E-state index contributed by atoms with van der Waals surface area (Å²) >= 11 is 0. The number of rotatable bonds is 6. The SMILES string of the molecule is OCCN1CCNCC1CCCN1c2ccccc2Oc2ccc(C(F)(F)F)cc21. The fourth-order valence-corrected chi connectivity index (χ4v) is 4.24. The number of alkyl halides is 3. The lowest BCUT2D eigenvalue weighted by Gasteiger charge is -2.37. The molecule has 0 spiro atoms. The molecule has 30 heavy (non-hydrogen) atoms. The zero-order chi connectivity index (χ0) is 21.1. The highest BCUT2D eigenvalue weighted by Crippen LogP contribution is 2.48. The molecule has 2 aliphatic heterocycles. The summed E-state index contributed by atoms with van der Waals surface area (Å²) in [5.41, 5.74) is 0.538. The number of benzene rings is 2. The van der Waals surface area contributed by atoms with Crippen LogP contribution in [0.2, 0.25) is 0 Å². The van der Waals surface area contributed by atoms with Crippen LogP contribution in [0.3, 0.4) is 0 Å². The van der Waals surface area contributed by atoms with Gasteiger partial charge in [0.2, 0.25) is 0 Å². The van der Waals surface area contributed by atoms with E-state index in [0.717, 1.165) is 44.2 Å². The molecule has 0 bridgehead atoms. The van der Waals surface area contributed by atoms with Crippen molar-refractivity contribution >= 4 is 11.4 Å². The molecule has 2 aromatic carbocycles. The number of β-amino-alcohol motifs (C(OH)–C–C–N with tert-alkyl or cyclic N) is 1. The molecule has 0 aromatic heterocycles. The van der Waals surface area contributed by atoms with Gasteiger partial charge in [0.05, 0.1) is 23.5 Å². The summed E-state index contributed by atoms with van der Waals surface area (Å²) in [4.78, 5) is 4.20. The zero-order valence-electron chi connectivity index (χ0n) is 16.7. The first-order valence-electron chi connectivity index (χ1n) is 10.3. The molecule has 4 rings (SSSR count). The smallest absolute Gasteiger partial charge is 0.416 e. The number of ether oxygens (including phenoxy) is 1. The zero-order valence-corrected chi connectivity index (χ0v) is 16.7. The van der Waals surface area contributed by atoms with E-state index in [2.05, 4.69) is 10.2 Å². The summed E-state index contributed by atoms with van der Waals surface area (Å²) in [6, 6.07) is 11.4. The highest BCUT2D eigenvalue weighted by atomic mass is 19.4. The Balaban J connectivity index is 1.55. The third kappa shape index (κ3) is 4.40. The quantitative estimate of drug-likeness (QED) is 0.739. The number of aliphatic hydroxyl groups is 1. The number of para-hydroxylation sites is 2. The Kier molecular flexibility index (Phi) is 6.17. The average molecular weight is 421 g/mol. The van der Waals surface area contributed by atoms with Gasteiger partial charge in [-0.05, 0) is 43.2 Å². The van der Waals surface area contributed by atoms with Gasteiger partial charge in [0.1, 0.15) is 0 Å². The minimum Gasteiger partial charge on any atom is -0.453 e. The van der Waals surface area contributed by atoms with Crippen LogP contribution in [0.4, 0.5) is 24.5 Å². The number of hydrogen-bond acceptors (Lipinski definition) is 5. The summed E-state index contributed by atoms with van der Waals surface area (Å²) in [5.74, 6) is 1.08. The van der Waals surface area contributed by atoms with Crippen molar-refractivity contribution in [2.24, 2.45) is 0 Å². The van der Waals surface area contributed by atoms with Crippen LogP contribution in [-0.4, -0.2) is 55.4 Å². The molecular weight excluding hydrogens is 395 g/mol. The van der Waals surface area contributed by atoms with E-state index in [4.69, 9.17) is 4.74 Å². The van der Waals surface area contributed by atoms with E-state index in [1.165, 1.54) is 12.1 Å². The fraction of sp³-hybridized carbons (Fsp3) is 0.455. The lowest BCUT2D eigenvalue weighted by molar-refractivity contribution is -0.137. The van der Waals surface area contributed by atoms with E-state index >= 15 is 0 Å². The Morgan fingerprint density at radius 2 is 1.87 bits per heavy atom. The molecule has 2 aliphatic rings. The average Bonchev–Trinajstić information content (AvgIpc) is 2.73. The monoisotopic (exact) mass is 421 g/mol. The Morgan fingerprint density at radius 1 is 1.07 bits per heavy atom. The van der Waals surface area contributed by atoms with E-state index in [9.17, 15) is 18.3 Å². The Bertz CT molecular complexity index is 873. The summed E-state index contributed by atoms with van der Waals surface area (Å²) in [6.07, 6.45) is -2.71. The largest absolute Gasteiger partial charge is 0.453 e. The van der Waals surface area contributed by atoms with Gasteiger partial charge in [-0.15, -0.1) is 0 Å². The lowest BCUT2D eigenvalue weighted by Crippen LogP contribution is -2.52. The highest BCUT2D eigenvalue weighted by Gasteiger charge is 2.33. The molecule has 1 unspecified atom stereocenters. The Labute approximate surface area is 174 Å². The van der Waals surface area contributed by atoms with Crippen LogP contribution in [0.25, 0.3) is 0 Å². The van der Waals surface area contributed by atoms with Gasteiger partial charge in [0.15, 0.2) is 11.5 Å². The van der Waals surface area contributed by atoms with Crippen molar-refractivity contribution in [3.63, 3.8) is 0 Å². The molecule has 0 aliphatic carbocycles. The first-order valence-corrected chi connectivity index (χ1v) is 10.3. The van der Waals surface area contributed by atoms with Crippen LogP contribution in [-0.2, 0) is 6.18 Å². The maximum absolute atomic E-state index is 13.3. The number of anilines is 2. The molecule has 162 valence electrons. The second-order valence-electron chi connectivity index (χ2n) is 7.66. The van der Waals surface area contributed by atoms with Gasteiger partial charge in [-0.2, -0.15) is 13.2 Å². The second-order valence-corrected chi connectivity index (χ2v) is 7.66. The maximum Gasteiger partial charge on any atom is 0.416 e. The van der Waals surface area contributed by atoms with Crippen molar-refractivity contribution in [3.8, 4) is 11.5 Å². The van der Waals surface area contributed by atoms with Crippen molar-refractivity contribution in [2.45, 2.75) is 25.1 Å². The van der Waals surface area contributed by atoms with E-state index in [-0.39, 0.29) is 6.61 Å². The van der Waals surface area contributed by atoms with Crippen LogP contribution in [0.1, 0.15) is 18.4 Å². The first-order chi connectivity index (χ1) is 14.5. The van der Waals surface area contributed by atoms with Crippen molar-refractivity contribution in [1.29, 1.82) is 0 Å². The predicted octanol–water partition coefficient (Wildman–Crippen LogP) is 4.00. The number of halogens is 3. The van der Waals surface area contributed by atoms with Crippen LogP contribution < -0.4 is 15.0 Å². The molecule has 2 aromatic rings. The molecule has 0 radical (unpaired) electrons. The molecule has 1 saturated heterocycles. The molecule has 0 amide bonds. The minimum atomic E-state index is -4.41. The maximum atomic E-state index is 13.3. The Hall–Kier alpha value is -2.29. The van der Waals surface area contributed by atoms with Gasteiger partial charge in [0, 0.05) is 38.8 Å². The van der Waals surface area contributed by atoms with E-state index < -0.39 is 11.7 Å². The van der Waals surface area contributed by atoms with E-state index in [1.807, 2.05) is 29.2 Å². The van der Waals surface area contributed by atoms with Crippen molar-refractivity contribution in [1.82, 2.24) is 10.2 Å². The number of fused-ring (bicyclic) bond motifs is 2. The lowest BCUT2D eigenvalue weighted by atomic mass is 10.1. The molecular formula is C22H26F3N3O2. The molecule has 1 fully saturated rings. The third-order valence-electron chi connectivity index (χ3n) is 5.73. The molecule has 1 atom stereocenters. The number of aliphatic hydroxyl groups excluding tert-OH is 1. The molecule has 2 N–H and O–H groups in total. The van der Waals surface area contributed by atoms with Crippen LogP contribution in [0.5, 0.6) is 11.5 Å². The molecule has 5 nitrogen and oxygen atoms in total. The number of hydrogen-bond donors (Lipinski definition) is 2. The predicted molar refractivity (Wildman–Crippen MR) is 110 cm³/mol. The Morgan fingerprint density at radius 3 is 2.67 bits per heavy atom. The van der Waals surface area contributed by atoms with Crippen molar-refractivity contribution in [2.75, 3.05) is 44.2 Å². The number of piperazine rings is 1. The molecule has 2 heterocycles. The van der Waals surface area contributed by atoms with Gasteiger partial charge >= 0.3 is 6.18 Å². The minimum absolute atomic E-state index is 0.126. The topological polar surface area (TPSA) is 48.0 Å². The molecule has 0 saturated carbocycles. The van der Waals surface area contributed by atoms with Gasteiger partial charge < -0.3 is 20.1 Å². The van der Waals surface area contributed by atoms with Gasteiger partial charge in [0.25, 0.3) is 0 Å². The second kappa shape index (κ2) is 8.83. The van der Waals surface area contributed by atoms with Crippen LogP contribution >= 0.6 is 0 Å². The number of nitrogens with one attached hydrogen (secondary N) is 1. The first kappa shape index (κ1) is 21.0. The normalized spacial score (nSPS) is 19.2. The van der Waals surface area contributed by atoms with Gasteiger partial charge in [-0.1, -0.05) is 12.1 Å². The highest BCUT2D eigenvalue weighted by molar-refractivity contribution is 5.78. The summed E-state index contributed by atoms with van der Waals surface area (Å²) in [5, 5.41) is 12.7. The van der Waals surface area contributed by atoms with E-state index in [1.54, 1.807) is 0 Å². The van der Waals surface area contributed by atoms with Gasteiger partial charge in [-0.25, -0.2) is 0 Å².